The smallest absolute Gasteiger partial charge is 0.414 e. The molecular formula is C15H21N3O2. The fourth-order valence-electron chi connectivity index (χ4n) is 2.00. The predicted octanol–water partition coefficient (Wildman–Crippen LogP) is 2.78. The minimum atomic E-state index is -0.521. The second-order valence-electron chi connectivity index (χ2n) is 5.87. The molecular weight excluding hydrogens is 254 g/mol. The van der Waals surface area contributed by atoms with Gasteiger partial charge in [0, 0.05) is 12.2 Å². The third-order valence-electron chi connectivity index (χ3n) is 2.73. The van der Waals surface area contributed by atoms with E-state index in [-0.39, 0.29) is 6.04 Å². The van der Waals surface area contributed by atoms with Crippen LogP contribution in [0, 0.1) is 0 Å². The number of nitrogens with one attached hydrogen (secondary N) is 1. The number of amides is 1. The lowest BCUT2D eigenvalue weighted by molar-refractivity contribution is 0.0562. The third kappa shape index (κ3) is 3.73. The van der Waals surface area contributed by atoms with Gasteiger partial charge in [-0.05, 0) is 39.8 Å². The van der Waals surface area contributed by atoms with E-state index in [1.165, 1.54) is 0 Å². The van der Waals surface area contributed by atoms with Gasteiger partial charge in [-0.15, -0.1) is 0 Å². The van der Waals surface area contributed by atoms with Gasteiger partial charge in [-0.3, -0.25) is 5.32 Å². The fourth-order valence-corrected chi connectivity index (χ4v) is 2.00. The third-order valence-corrected chi connectivity index (χ3v) is 2.73. The zero-order valence-electron chi connectivity index (χ0n) is 12.4. The molecule has 2 rings (SSSR count). The topological polar surface area (TPSA) is 53.9 Å². The Kier molecular flexibility index (Phi) is 3.97. The highest BCUT2D eigenvalue weighted by Gasteiger charge is 2.26. The number of alkyl carbamates (subject to hydrolysis) is 1. The Morgan fingerprint density at radius 3 is 2.60 bits per heavy atom. The second-order valence-corrected chi connectivity index (χ2v) is 5.87. The average molecular weight is 275 g/mol. The summed E-state index contributed by atoms with van der Waals surface area (Å²) >= 11 is 0. The summed E-state index contributed by atoms with van der Waals surface area (Å²) in [4.78, 5) is 18.3. The lowest BCUT2D eigenvalue weighted by Crippen LogP contribution is -2.44. The van der Waals surface area contributed by atoms with Gasteiger partial charge in [-0.2, -0.15) is 0 Å². The molecule has 1 atom stereocenters. The Hall–Kier alpha value is -2.04. The minimum absolute atomic E-state index is 0.139. The van der Waals surface area contributed by atoms with Crippen molar-refractivity contribution < 1.29 is 9.53 Å². The van der Waals surface area contributed by atoms with Crippen LogP contribution in [0.1, 0.15) is 27.7 Å². The summed E-state index contributed by atoms with van der Waals surface area (Å²) in [6, 6.07) is 10.0. The van der Waals surface area contributed by atoms with E-state index in [4.69, 9.17) is 4.74 Å². The number of anilines is 1. The van der Waals surface area contributed by atoms with Crippen molar-refractivity contribution in [2.75, 3.05) is 11.4 Å². The zero-order valence-corrected chi connectivity index (χ0v) is 12.4. The van der Waals surface area contributed by atoms with Gasteiger partial charge in [0.1, 0.15) is 5.60 Å². The number of hydrogen-bond acceptors (Lipinski definition) is 4. The summed E-state index contributed by atoms with van der Waals surface area (Å²) in [6.45, 7) is 8.26. The van der Waals surface area contributed by atoms with Crippen LogP contribution in [0.15, 0.2) is 35.3 Å². The summed E-state index contributed by atoms with van der Waals surface area (Å²) in [5.41, 5.74) is 0.485. The first-order valence-electron chi connectivity index (χ1n) is 6.75. The lowest BCUT2D eigenvalue weighted by Gasteiger charge is -2.23. The van der Waals surface area contributed by atoms with Gasteiger partial charge >= 0.3 is 6.09 Å². The van der Waals surface area contributed by atoms with Crippen molar-refractivity contribution in [1.82, 2.24) is 5.32 Å². The number of guanidine groups is 1. The lowest BCUT2D eigenvalue weighted by atomic mass is 10.2. The Labute approximate surface area is 119 Å². The van der Waals surface area contributed by atoms with Crippen LogP contribution in [0.5, 0.6) is 0 Å². The molecule has 1 heterocycles. The number of hydrogen-bond donors (Lipinski definition) is 1. The van der Waals surface area contributed by atoms with E-state index in [1.54, 1.807) is 0 Å². The molecule has 0 aliphatic carbocycles. The number of ether oxygens (including phenoxy) is 1. The molecule has 108 valence electrons. The van der Waals surface area contributed by atoms with Gasteiger partial charge in [0.15, 0.2) is 0 Å². The number of benzene rings is 1. The first kappa shape index (κ1) is 14.4. The van der Waals surface area contributed by atoms with Gasteiger partial charge in [-0.1, -0.05) is 18.2 Å². The summed E-state index contributed by atoms with van der Waals surface area (Å²) < 4.78 is 5.26. The molecule has 5 heteroatoms. The highest BCUT2D eigenvalue weighted by Crippen LogP contribution is 2.19. The molecule has 0 unspecified atom stereocenters. The van der Waals surface area contributed by atoms with E-state index in [1.807, 2.05) is 62.9 Å². The van der Waals surface area contributed by atoms with Crippen molar-refractivity contribution in [3.05, 3.63) is 30.3 Å². The molecule has 0 spiro atoms. The molecule has 1 aliphatic heterocycles. The monoisotopic (exact) mass is 275 g/mol. The summed E-state index contributed by atoms with van der Waals surface area (Å²) in [5, 5.41) is 2.73. The maximum atomic E-state index is 11.9. The summed E-state index contributed by atoms with van der Waals surface area (Å²) in [5.74, 6) is 0.540. The molecule has 1 N–H and O–H groups in total. The molecule has 0 saturated heterocycles. The Morgan fingerprint density at radius 1 is 1.35 bits per heavy atom. The number of carbonyl (C=O) groups is 1. The summed E-state index contributed by atoms with van der Waals surface area (Å²) in [7, 11) is 0. The largest absolute Gasteiger partial charge is 0.444 e. The van der Waals surface area contributed by atoms with Crippen LogP contribution in [-0.2, 0) is 4.74 Å². The first-order valence-corrected chi connectivity index (χ1v) is 6.75. The number of carbonyl (C=O) groups excluding carboxylic acids is 1. The Morgan fingerprint density at radius 2 is 2.00 bits per heavy atom. The molecule has 0 fully saturated rings. The Bertz CT molecular complexity index is 506. The van der Waals surface area contributed by atoms with Crippen LogP contribution in [0.2, 0.25) is 0 Å². The SMILES string of the molecule is C[C@H]1CN(c2ccccc2)C(NC(=O)OC(C)(C)C)=N1. The quantitative estimate of drug-likeness (QED) is 0.857. The van der Waals surface area contributed by atoms with Crippen molar-refractivity contribution in [2.45, 2.75) is 39.3 Å². The van der Waals surface area contributed by atoms with Crippen LogP contribution in [0.3, 0.4) is 0 Å². The first-order chi connectivity index (χ1) is 9.35. The van der Waals surface area contributed by atoms with Gasteiger partial charge in [0.2, 0.25) is 5.96 Å². The van der Waals surface area contributed by atoms with Crippen LogP contribution >= 0.6 is 0 Å². The average Bonchev–Trinajstić information content (AvgIpc) is 2.68. The molecule has 1 aromatic rings. The van der Waals surface area contributed by atoms with Gasteiger partial charge in [-0.25, -0.2) is 9.79 Å². The number of para-hydroxylation sites is 1. The van der Waals surface area contributed by atoms with E-state index < -0.39 is 11.7 Å². The standard InChI is InChI=1S/C15H21N3O2/c1-11-10-18(12-8-6-5-7-9-12)13(16-11)17-14(19)20-15(2,3)4/h5-9,11H,10H2,1-4H3,(H,16,17,19)/t11-/m0/s1. The molecule has 0 bridgehead atoms. The highest BCUT2D eigenvalue weighted by molar-refractivity contribution is 6.05. The zero-order chi connectivity index (χ0) is 14.8. The Balaban J connectivity index is 2.09. The molecule has 0 radical (unpaired) electrons. The predicted molar refractivity (Wildman–Crippen MR) is 80.1 cm³/mol. The van der Waals surface area contributed by atoms with Crippen molar-refractivity contribution in [3.8, 4) is 0 Å². The van der Waals surface area contributed by atoms with E-state index in [0.717, 1.165) is 12.2 Å². The molecule has 1 amide bonds. The molecule has 1 aliphatic rings. The van der Waals surface area contributed by atoms with Crippen molar-refractivity contribution >= 4 is 17.7 Å². The second kappa shape index (κ2) is 5.53. The normalized spacial score (nSPS) is 18.7. The number of nitrogens with zero attached hydrogens (tertiary/aromatic N) is 2. The maximum absolute atomic E-state index is 11.9. The van der Waals surface area contributed by atoms with E-state index >= 15 is 0 Å². The van der Waals surface area contributed by atoms with Crippen LogP contribution in [-0.4, -0.2) is 30.2 Å². The van der Waals surface area contributed by atoms with E-state index in [0.29, 0.717) is 5.96 Å². The van der Waals surface area contributed by atoms with Crippen LogP contribution in [0.25, 0.3) is 0 Å². The minimum Gasteiger partial charge on any atom is -0.444 e. The van der Waals surface area contributed by atoms with Crippen molar-refractivity contribution in [1.29, 1.82) is 0 Å². The molecule has 1 aromatic carbocycles. The van der Waals surface area contributed by atoms with E-state index in [2.05, 4.69) is 10.3 Å². The molecule has 0 aromatic heterocycles. The number of aliphatic imine (C=N–C) groups is 1. The molecule has 0 saturated carbocycles. The van der Waals surface area contributed by atoms with E-state index in [9.17, 15) is 4.79 Å². The molecule has 5 nitrogen and oxygen atoms in total. The van der Waals surface area contributed by atoms with Crippen molar-refractivity contribution in [3.63, 3.8) is 0 Å². The van der Waals surface area contributed by atoms with Gasteiger partial charge in [0.25, 0.3) is 0 Å². The van der Waals surface area contributed by atoms with Crippen molar-refractivity contribution in [2.24, 2.45) is 4.99 Å². The van der Waals surface area contributed by atoms with Crippen LogP contribution < -0.4 is 10.2 Å². The van der Waals surface area contributed by atoms with Gasteiger partial charge in [0.05, 0.1) is 6.04 Å². The fraction of sp³-hybridized carbons (Fsp3) is 0.467. The summed E-state index contributed by atoms with van der Waals surface area (Å²) in [6.07, 6.45) is -0.480. The number of rotatable bonds is 1. The molecule has 20 heavy (non-hydrogen) atoms. The van der Waals surface area contributed by atoms with Gasteiger partial charge < -0.3 is 9.64 Å². The maximum Gasteiger partial charge on any atom is 0.414 e. The highest BCUT2D eigenvalue weighted by atomic mass is 16.6. The van der Waals surface area contributed by atoms with Crippen LogP contribution in [0.4, 0.5) is 10.5 Å².